The molecule has 0 unspecified atom stereocenters. The van der Waals surface area contributed by atoms with Gasteiger partial charge in [-0.3, -0.25) is 4.79 Å². The third-order valence-corrected chi connectivity index (χ3v) is 8.00. The molecular formula is C30H37ClN6O7. The number of nitrogens with zero attached hydrogens (tertiary/aromatic N) is 4. The van der Waals surface area contributed by atoms with E-state index in [0.717, 1.165) is 35.1 Å². The third kappa shape index (κ3) is 7.83. The zero-order chi connectivity index (χ0) is 31.9. The lowest BCUT2D eigenvalue weighted by Crippen LogP contribution is -2.49. The van der Waals surface area contributed by atoms with Gasteiger partial charge < -0.3 is 29.7 Å². The fourth-order valence-electron chi connectivity index (χ4n) is 5.55. The van der Waals surface area contributed by atoms with E-state index in [2.05, 4.69) is 20.7 Å². The van der Waals surface area contributed by atoms with Crippen molar-refractivity contribution >= 4 is 35.2 Å². The molecule has 0 radical (unpaired) electrons. The SMILES string of the molecule is CCOC(=O)OC1=C(c2cc(C)ccc2C)C(=O)N[C@]12CC[C@@H](OC)CC2.O=[N+]([O-])/N=C1\NCCN1Cc1ccc(Cl)nc1. The normalized spacial score (nSPS) is 21.9. The summed E-state index contributed by atoms with van der Waals surface area (Å²) in [5, 5.41) is 19.3. The van der Waals surface area contributed by atoms with Gasteiger partial charge in [-0.2, -0.15) is 0 Å². The molecule has 3 aliphatic rings. The number of rotatable bonds is 7. The van der Waals surface area contributed by atoms with Crippen LogP contribution in [-0.2, 0) is 25.5 Å². The van der Waals surface area contributed by atoms with Gasteiger partial charge in [-0.15, -0.1) is 0 Å². The minimum Gasteiger partial charge on any atom is -0.434 e. The predicted octanol–water partition coefficient (Wildman–Crippen LogP) is 4.33. The van der Waals surface area contributed by atoms with Crippen molar-refractivity contribution in [3.8, 4) is 0 Å². The molecule has 2 N–H and O–H groups in total. The van der Waals surface area contributed by atoms with Gasteiger partial charge in [0.25, 0.3) is 11.9 Å². The van der Waals surface area contributed by atoms with E-state index >= 15 is 0 Å². The highest BCUT2D eigenvalue weighted by Crippen LogP contribution is 2.44. The molecule has 1 saturated heterocycles. The molecule has 1 saturated carbocycles. The molecule has 1 spiro atoms. The third-order valence-electron chi connectivity index (χ3n) is 7.77. The first-order valence-electron chi connectivity index (χ1n) is 14.4. The second-order valence-corrected chi connectivity index (χ2v) is 11.2. The van der Waals surface area contributed by atoms with Crippen LogP contribution in [0.2, 0.25) is 5.15 Å². The number of aromatic nitrogens is 1. The van der Waals surface area contributed by atoms with E-state index in [0.29, 0.717) is 49.0 Å². The zero-order valence-corrected chi connectivity index (χ0v) is 26.0. The first-order chi connectivity index (χ1) is 21.0. The van der Waals surface area contributed by atoms with Crippen LogP contribution in [0, 0.1) is 24.0 Å². The van der Waals surface area contributed by atoms with Crippen LogP contribution in [0.15, 0.2) is 47.4 Å². The standard InChI is InChI=1S/C21H27NO5.C9H10ClN5O2/c1-5-26-20(24)27-18-17(16-12-13(2)6-7-14(16)3)19(23)22-21(18)10-8-15(25-4)9-11-21;10-8-2-1-7(5-12-8)6-14-4-3-11-9(14)13-15(16)17/h6-7,12,15H,5,8-11H2,1-4H3,(H,22,23);1-2,5H,3-4,6H2,(H,11,13)/t15-,21+;. The Hall–Kier alpha value is -4.23. The number of carbonyl (C=O) groups excluding carboxylic acids is 2. The molecule has 0 atom stereocenters. The molecule has 1 aromatic carbocycles. The fraction of sp³-hybridized carbons (Fsp3) is 0.467. The Morgan fingerprint density at radius 1 is 1.25 bits per heavy atom. The molecule has 14 heteroatoms. The molecule has 1 aliphatic carbocycles. The minimum atomic E-state index is -0.778. The van der Waals surface area contributed by atoms with Crippen molar-refractivity contribution < 1.29 is 28.8 Å². The number of methoxy groups -OCH3 is 1. The number of hydrogen-bond donors (Lipinski definition) is 2. The van der Waals surface area contributed by atoms with E-state index in [1.807, 2.05) is 38.1 Å². The minimum absolute atomic E-state index is 0.154. The van der Waals surface area contributed by atoms with Gasteiger partial charge >= 0.3 is 6.16 Å². The highest BCUT2D eigenvalue weighted by atomic mass is 35.5. The fourth-order valence-corrected chi connectivity index (χ4v) is 5.66. The summed E-state index contributed by atoms with van der Waals surface area (Å²) in [6, 6.07) is 9.44. The van der Waals surface area contributed by atoms with Crippen molar-refractivity contribution in [3.63, 3.8) is 0 Å². The van der Waals surface area contributed by atoms with Crippen LogP contribution in [0.3, 0.4) is 0 Å². The highest BCUT2D eigenvalue weighted by Gasteiger charge is 2.50. The highest BCUT2D eigenvalue weighted by molar-refractivity contribution is 6.29. The van der Waals surface area contributed by atoms with Crippen LogP contribution in [0.1, 0.15) is 54.9 Å². The molecule has 1 aromatic heterocycles. The van der Waals surface area contributed by atoms with Gasteiger partial charge in [0.2, 0.25) is 0 Å². The maximum absolute atomic E-state index is 13.0. The molecule has 0 bridgehead atoms. The number of hydrazone groups is 1. The second kappa shape index (κ2) is 14.5. The summed E-state index contributed by atoms with van der Waals surface area (Å²) in [4.78, 5) is 41.2. The Balaban J connectivity index is 0.000000223. The molecule has 5 rings (SSSR count). The van der Waals surface area contributed by atoms with Gasteiger partial charge in [-0.05, 0) is 69.2 Å². The molecule has 1 amide bonds. The Labute approximate surface area is 260 Å². The van der Waals surface area contributed by atoms with Crippen molar-refractivity contribution in [1.82, 2.24) is 20.5 Å². The topological polar surface area (TPSA) is 158 Å². The van der Waals surface area contributed by atoms with Gasteiger partial charge in [0.05, 0.1) is 23.8 Å². The summed E-state index contributed by atoms with van der Waals surface area (Å²) >= 11 is 5.68. The lowest BCUT2D eigenvalue weighted by Gasteiger charge is -2.37. The lowest BCUT2D eigenvalue weighted by molar-refractivity contribution is -0.485. The number of amides is 1. The van der Waals surface area contributed by atoms with Crippen molar-refractivity contribution in [2.24, 2.45) is 5.10 Å². The molecular weight excluding hydrogens is 592 g/mol. The van der Waals surface area contributed by atoms with E-state index < -0.39 is 16.7 Å². The molecule has 236 valence electrons. The monoisotopic (exact) mass is 628 g/mol. The second-order valence-electron chi connectivity index (χ2n) is 10.8. The summed E-state index contributed by atoms with van der Waals surface area (Å²) in [6.07, 6.45) is 3.89. The van der Waals surface area contributed by atoms with E-state index in [4.69, 9.17) is 25.8 Å². The average Bonchev–Trinajstić information content (AvgIpc) is 3.52. The molecule has 3 heterocycles. The Kier molecular flexibility index (Phi) is 10.8. The Bertz CT molecular complexity index is 1440. The van der Waals surface area contributed by atoms with Crippen LogP contribution >= 0.6 is 11.6 Å². The maximum Gasteiger partial charge on any atom is 0.513 e. The first kappa shape index (κ1) is 32.7. The number of aryl methyl sites for hydroxylation is 2. The average molecular weight is 629 g/mol. The Morgan fingerprint density at radius 2 is 2.00 bits per heavy atom. The van der Waals surface area contributed by atoms with Gasteiger partial charge in [0.1, 0.15) is 16.0 Å². The van der Waals surface area contributed by atoms with E-state index in [-0.39, 0.29) is 24.6 Å². The number of halogens is 1. The molecule has 2 aromatic rings. The summed E-state index contributed by atoms with van der Waals surface area (Å²) in [6.45, 7) is 7.70. The van der Waals surface area contributed by atoms with Crippen LogP contribution in [0.25, 0.3) is 5.57 Å². The summed E-state index contributed by atoms with van der Waals surface area (Å²) in [5.41, 5.74) is 3.45. The Morgan fingerprint density at radius 3 is 2.64 bits per heavy atom. The summed E-state index contributed by atoms with van der Waals surface area (Å²) < 4.78 is 16.1. The first-order valence-corrected chi connectivity index (χ1v) is 14.8. The van der Waals surface area contributed by atoms with Gasteiger partial charge in [-0.25, -0.2) is 19.9 Å². The zero-order valence-electron chi connectivity index (χ0n) is 25.2. The number of benzene rings is 1. The lowest BCUT2D eigenvalue weighted by atomic mass is 9.79. The largest absolute Gasteiger partial charge is 0.513 e. The van der Waals surface area contributed by atoms with Gasteiger partial charge in [0, 0.05) is 32.9 Å². The maximum atomic E-state index is 13.0. The number of guanidine groups is 1. The molecule has 13 nitrogen and oxygen atoms in total. The van der Waals surface area contributed by atoms with Gasteiger partial charge in [-0.1, -0.05) is 41.4 Å². The van der Waals surface area contributed by atoms with Crippen molar-refractivity contribution in [1.29, 1.82) is 0 Å². The number of nitrogens with one attached hydrogen (secondary N) is 2. The predicted molar refractivity (Wildman–Crippen MR) is 163 cm³/mol. The van der Waals surface area contributed by atoms with Gasteiger partial charge in [0.15, 0.2) is 5.03 Å². The van der Waals surface area contributed by atoms with E-state index in [1.165, 1.54) is 0 Å². The summed E-state index contributed by atoms with van der Waals surface area (Å²) in [5.74, 6) is 0.456. The molecule has 2 aliphatic heterocycles. The molecule has 44 heavy (non-hydrogen) atoms. The van der Waals surface area contributed by atoms with Crippen LogP contribution < -0.4 is 10.6 Å². The number of hydrogen-bond acceptors (Lipinski definition) is 8. The number of nitro groups is 1. The quantitative estimate of drug-likeness (QED) is 0.196. The van der Waals surface area contributed by atoms with Crippen LogP contribution in [0.4, 0.5) is 4.79 Å². The smallest absolute Gasteiger partial charge is 0.434 e. The van der Waals surface area contributed by atoms with Crippen molar-refractivity contribution in [2.75, 3.05) is 26.8 Å². The number of ether oxygens (including phenoxy) is 3. The van der Waals surface area contributed by atoms with Crippen LogP contribution in [-0.4, -0.2) is 71.4 Å². The summed E-state index contributed by atoms with van der Waals surface area (Å²) in [7, 11) is 1.70. The number of carbonyl (C=O) groups is 2. The van der Waals surface area contributed by atoms with E-state index in [9.17, 15) is 19.7 Å². The molecule has 2 fully saturated rings. The van der Waals surface area contributed by atoms with Crippen molar-refractivity contribution in [3.05, 3.63) is 79.8 Å². The number of pyridine rings is 1. The van der Waals surface area contributed by atoms with Crippen molar-refractivity contribution in [2.45, 2.75) is 64.6 Å². The van der Waals surface area contributed by atoms with Crippen LogP contribution in [0.5, 0.6) is 0 Å². The van der Waals surface area contributed by atoms with E-state index in [1.54, 1.807) is 31.2 Å².